The Labute approximate surface area is 154 Å². The highest BCUT2D eigenvalue weighted by Crippen LogP contribution is 2.26. The number of benzene rings is 2. The van der Waals surface area contributed by atoms with Crippen molar-refractivity contribution in [3.63, 3.8) is 0 Å². The molecule has 0 saturated carbocycles. The molecule has 0 radical (unpaired) electrons. The monoisotopic (exact) mass is 423 g/mol. The van der Waals surface area contributed by atoms with Crippen LogP contribution in [0.5, 0.6) is 5.75 Å². The maximum atomic E-state index is 12.5. The summed E-state index contributed by atoms with van der Waals surface area (Å²) in [5.74, 6) is -0.510. The zero-order chi connectivity index (χ0) is 18.7. The quantitative estimate of drug-likeness (QED) is 0.544. The van der Waals surface area contributed by atoms with Gasteiger partial charge in [0.05, 0.1) is 11.0 Å². The van der Waals surface area contributed by atoms with Crippen molar-refractivity contribution in [2.45, 2.75) is 6.61 Å². The minimum Gasteiger partial charge on any atom is -0.434 e. The normalized spacial score (nSPS) is 11.4. The molecule has 9 heteroatoms. The highest BCUT2D eigenvalue weighted by atomic mass is 79.9. The zero-order valence-corrected chi connectivity index (χ0v) is 14.6. The molecule has 0 saturated heterocycles. The lowest BCUT2D eigenvalue weighted by molar-refractivity contribution is -0.111. The molecule has 134 valence electrons. The SMILES string of the molecule is O=C(/C=C/c1cc(Br)ccc1OC(F)F)Nc1ccc2[nH]c(=O)[nH]c2c1. The van der Waals surface area contributed by atoms with E-state index in [9.17, 15) is 18.4 Å². The van der Waals surface area contributed by atoms with E-state index in [-0.39, 0.29) is 11.4 Å². The van der Waals surface area contributed by atoms with Crippen LogP contribution in [0.1, 0.15) is 5.56 Å². The van der Waals surface area contributed by atoms with Crippen LogP contribution in [0.15, 0.2) is 51.7 Å². The summed E-state index contributed by atoms with van der Waals surface area (Å²) in [6.07, 6.45) is 2.57. The Balaban J connectivity index is 1.76. The van der Waals surface area contributed by atoms with Crippen molar-refractivity contribution >= 4 is 44.6 Å². The van der Waals surface area contributed by atoms with E-state index in [4.69, 9.17) is 0 Å². The van der Waals surface area contributed by atoms with E-state index < -0.39 is 12.5 Å². The second-order valence-corrected chi connectivity index (χ2v) is 6.14. The molecule has 6 nitrogen and oxygen atoms in total. The first-order valence-electron chi connectivity index (χ1n) is 7.36. The molecule has 0 unspecified atom stereocenters. The number of ether oxygens (including phenoxy) is 1. The predicted octanol–water partition coefficient (Wildman–Crippen LogP) is 3.87. The fraction of sp³-hybridized carbons (Fsp3) is 0.0588. The Morgan fingerprint density at radius 2 is 1.92 bits per heavy atom. The molecule has 0 aliphatic carbocycles. The summed E-state index contributed by atoms with van der Waals surface area (Å²) in [7, 11) is 0. The number of alkyl halides is 2. The number of rotatable bonds is 5. The number of halogens is 3. The molecular weight excluding hydrogens is 412 g/mol. The number of nitrogens with one attached hydrogen (secondary N) is 3. The summed E-state index contributed by atoms with van der Waals surface area (Å²) in [6, 6.07) is 9.37. The molecule has 0 atom stereocenters. The highest BCUT2D eigenvalue weighted by Gasteiger charge is 2.09. The number of fused-ring (bicyclic) bond motifs is 1. The van der Waals surface area contributed by atoms with Gasteiger partial charge in [-0.05, 0) is 42.5 Å². The van der Waals surface area contributed by atoms with Gasteiger partial charge in [0.1, 0.15) is 5.75 Å². The summed E-state index contributed by atoms with van der Waals surface area (Å²) >= 11 is 3.24. The third-order valence-corrected chi connectivity index (χ3v) is 3.88. The Morgan fingerprint density at radius 3 is 2.69 bits per heavy atom. The number of carbonyl (C=O) groups excluding carboxylic acids is 1. The maximum Gasteiger partial charge on any atom is 0.387 e. The van der Waals surface area contributed by atoms with Gasteiger partial charge in [0.25, 0.3) is 0 Å². The van der Waals surface area contributed by atoms with Gasteiger partial charge in [-0.1, -0.05) is 15.9 Å². The first-order chi connectivity index (χ1) is 12.4. The summed E-state index contributed by atoms with van der Waals surface area (Å²) in [6.45, 7) is -2.97. The van der Waals surface area contributed by atoms with Gasteiger partial charge >= 0.3 is 12.3 Å². The van der Waals surface area contributed by atoms with Gasteiger partial charge in [-0.25, -0.2) is 4.79 Å². The van der Waals surface area contributed by atoms with Gasteiger partial charge in [-0.3, -0.25) is 4.79 Å². The second kappa shape index (κ2) is 7.52. The number of aromatic amines is 2. The fourth-order valence-electron chi connectivity index (χ4n) is 2.31. The van der Waals surface area contributed by atoms with Crippen LogP contribution < -0.4 is 15.7 Å². The molecule has 0 fully saturated rings. The molecular formula is C17H12BrF2N3O3. The highest BCUT2D eigenvalue weighted by molar-refractivity contribution is 9.10. The first kappa shape index (κ1) is 17.9. The minimum absolute atomic E-state index is 0.0430. The van der Waals surface area contributed by atoms with Gasteiger partial charge in [0, 0.05) is 21.8 Å². The number of hydrogen-bond donors (Lipinski definition) is 3. The average Bonchev–Trinajstić information content (AvgIpc) is 2.94. The molecule has 0 aliphatic rings. The van der Waals surface area contributed by atoms with Crippen LogP contribution in [0.25, 0.3) is 17.1 Å². The van der Waals surface area contributed by atoms with Crippen LogP contribution in [0, 0.1) is 0 Å². The van der Waals surface area contributed by atoms with Crippen molar-refractivity contribution in [2.24, 2.45) is 0 Å². The lowest BCUT2D eigenvalue weighted by atomic mass is 10.2. The van der Waals surface area contributed by atoms with Gasteiger partial charge in [0.2, 0.25) is 5.91 Å². The van der Waals surface area contributed by atoms with Crippen molar-refractivity contribution in [3.05, 3.63) is 63.0 Å². The molecule has 0 aliphatic heterocycles. The molecule has 3 N–H and O–H groups in total. The molecule has 1 heterocycles. The Bertz CT molecular complexity index is 1040. The van der Waals surface area contributed by atoms with Gasteiger partial charge in [-0.2, -0.15) is 8.78 Å². The summed E-state index contributed by atoms with van der Waals surface area (Å²) < 4.78 is 30.0. The number of carbonyl (C=O) groups is 1. The molecule has 0 spiro atoms. The summed E-state index contributed by atoms with van der Waals surface area (Å²) in [4.78, 5) is 28.5. The predicted molar refractivity (Wildman–Crippen MR) is 97.4 cm³/mol. The number of hydrogen-bond acceptors (Lipinski definition) is 3. The van der Waals surface area contributed by atoms with E-state index in [0.717, 1.165) is 0 Å². The number of aromatic nitrogens is 2. The van der Waals surface area contributed by atoms with Crippen LogP contribution in [-0.4, -0.2) is 22.5 Å². The van der Waals surface area contributed by atoms with Crippen molar-refractivity contribution in [1.29, 1.82) is 0 Å². The zero-order valence-electron chi connectivity index (χ0n) is 13.1. The van der Waals surface area contributed by atoms with Crippen LogP contribution in [0.2, 0.25) is 0 Å². The van der Waals surface area contributed by atoms with Crippen LogP contribution in [0.3, 0.4) is 0 Å². The molecule has 1 aromatic heterocycles. The van der Waals surface area contributed by atoms with Gasteiger partial charge < -0.3 is 20.0 Å². The first-order valence-corrected chi connectivity index (χ1v) is 8.15. The molecule has 3 rings (SSSR count). The largest absolute Gasteiger partial charge is 0.434 e. The van der Waals surface area contributed by atoms with Crippen LogP contribution >= 0.6 is 15.9 Å². The third kappa shape index (κ3) is 4.37. The number of imidazole rings is 1. The van der Waals surface area contributed by atoms with Crippen LogP contribution in [0.4, 0.5) is 14.5 Å². The van der Waals surface area contributed by atoms with E-state index in [1.54, 1.807) is 30.3 Å². The van der Waals surface area contributed by atoms with Gasteiger partial charge in [0.15, 0.2) is 0 Å². The minimum atomic E-state index is -2.97. The molecule has 1 amide bonds. The Morgan fingerprint density at radius 1 is 1.15 bits per heavy atom. The van der Waals surface area contributed by atoms with E-state index in [1.807, 2.05) is 0 Å². The van der Waals surface area contributed by atoms with Gasteiger partial charge in [-0.15, -0.1) is 0 Å². The smallest absolute Gasteiger partial charge is 0.387 e. The van der Waals surface area contributed by atoms with Crippen LogP contribution in [-0.2, 0) is 4.79 Å². The number of H-pyrrole nitrogens is 2. The average molecular weight is 424 g/mol. The molecule has 0 bridgehead atoms. The Kier molecular flexibility index (Phi) is 5.17. The van der Waals surface area contributed by atoms with Crippen molar-refractivity contribution < 1.29 is 18.3 Å². The Hall–Kier alpha value is -2.94. The van der Waals surface area contributed by atoms with Crippen molar-refractivity contribution in [2.75, 3.05) is 5.32 Å². The summed E-state index contributed by atoms with van der Waals surface area (Å²) in [5.41, 5.74) is 1.62. The van der Waals surface area contributed by atoms with E-state index in [2.05, 4.69) is 36.0 Å². The maximum absolute atomic E-state index is 12.5. The third-order valence-electron chi connectivity index (χ3n) is 3.39. The lowest BCUT2D eigenvalue weighted by Gasteiger charge is -2.08. The van der Waals surface area contributed by atoms with Crippen molar-refractivity contribution in [3.8, 4) is 5.75 Å². The van der Waals surface area contributed by atoms with E-state index in [0.29, 0.717) is 26.8 Å². The topological polar surface area (TPSA) is 87.0 Å². The molecule has 2 aromatic carbocycles. The standard InChI is InChI=1S/C17H12BrF2N3O3/c18-10-2-5-14(26-16(19)20)9(7-10)1-6-15(24)21-11-3-4-12-13(8-11)23-17(25)22-12/h1-8,16H,(H,21,24)(H2,22,23,25)/b6-1+. The lowest BCUT2D eigenvalue weighted by Crippen LogP contribution is -2.08. The number of amides is 1. The second-order valence-electron chi connectivity index (χ2n) is 5.22. The van der Waals surface area contributed by atoms with Crippen molar-refractivity contribution in [1.82, 2.24) is 9.97 Å². The summed E-state index contributed by atoms with van der Waals surface area (Å²) in [5, 5.41) is 2.63. The molecule has 3 aromatic rings. The number of anilines is 1. The molecule has 26 heavy (non-hydrogen) atoms. The van der Waals surface area contributed by atoms with E-state index >= 15 is 0 Å². The van der Waals surface area contributed by atoms with E-state index in [1.165, 1.54) is 18.2 Å². The fourth-order valence-corrected chi connectivity index (χ4v) is 2.69.